The van der Waals surface area contributed by atoms with Gasteiger partial charge in [-0.05, 0) is 26.0 Å². The number of benzene rings is 1. The maximum absolute atomic E-state index is 12.7. The first-order valence-electron chi connectivity index (χ1n) is 10.4. The van der Waals surface area contributed by atoms with Crippen LogP contribution >= 0.6 is 0 Å². The number of hydrogen-bond acceptors (Lipinski definition) is 6. The van der Waals surface area contributed by atoms with Gasteiger partial charge in [0.25, 0.3) is 0 Å². The lowest BCUT2D eigenvalue weighted by atomic mass is 10.1. The summed E-state index contributed by atoms with van der Waals surface area (Å²) in [6, 6.07) is 9.14. The summed E-state index contributed by atoms with van der Waals surface area (Å²) in [7, 11) is 0. The van der Waals surface area contributed by atoms with Gasteiger partial charge in [0.2, 0.25) is 17.7 Å². The normalized spacial score (nSPS) is 16.1. The molecule has 2 aliphatic heterocycles. The van der Waals surface area contributed by atoms with Gasteiger partial charge in [-0.3, -0.25) is 14.4 Å². The average Bonchev–Trinajstić information content (AvgIpc) is 2.76. The predicted octanol–water partition coefficient (Wildman–Crippen LogP) is 1.51. The standard InChI is InChI=1S/C22H26N6O3/c1-15-13-19(24-16(2)23-15)26-9-11-27(12-10-26)21(30)7-8-22(31)28-14-20(29)25-17-5-3-4-6-18(17)28/h3-6,13H,7-12,14H2,1-2H3,(H,25,29). The Labute approximate surface area is 181 Å². The van der Waals surface area contributed by atoms with E-state index in [0.29, 0.717) is 37.6 Å². The van der Waals surface area contributed by atoms with E-state index in [1.54, 1.807) is 23.1 Å². The number of piperazine rings is 1. The Balaban J connectivity index is 1.31. The van der Waals surface area contributed by atoms with Crippen molar-refractivity contribution in [2.24, 2.45) is 0 Å². The van der Waals surface area contributed by atoms with E-state index in [1.807, 2.05) is 26.0 Å². The van der Waals surface area contributed by atoms with Gasteiger partial charge in [-0.25, -0.2) is 9.97 Å². The number of carbonyl (C=O) groups is 3. The zero-order valence-electron chi connectivity index (χ0n) is 17.8. The fourth-order valence-electron chi connectivity index (χ4n) is 4.01. The number of fused-ring (bicyclic) bond motifs is 1. The van der Waals surface area contributed by atoms with Crippen LogP contribution in [0.5, 0.6) is 0 Å². The quantitative estimate of drug-likeness (QED) is 0.802. The van der Waals surface area contributed by atoms with Crippen molar-refractivity contribution in [3.8, 4) is 0 Å². The predicted molar refractivity (Wildman–Crippen MR) is 117 cm³/mol. The van der Waals surface area contributed by atoms with Crippen molar-refractivity contribution in [2.45, 2.75) is 26.7 Å². The molecule has 2 aliphatic rings. The summed E-state index contributed by atoms with van der Waals surface area (Å²) < 4.78 is 0. The number of anilines is 3. The number of para-hydroxylation sites is 2. The van der Waals surface area contributed by atoms with Crippen LogP contribution in [0, 0.1) is 13.8 Å². The molecule has 0 radical (unpaired) electrons. The molecule has 4 rings (SSSR count). The molecule has 31 heavy (non-hydrogen) atoms. The Hall–Kier alpha value is -3.49. The van der Waals surface area contributed by atoms with E-state index in [0.717, 1.165) is 17.3 Å². The Bertz CT molecular complexity index is 996. The van der Waals surface area contributed by atoms with Crippen LogP contribution in [0.25, 0.3) is 0 Å². The minimum Gasteiger partial charge on any atom is -0.353 e. The summed E-state index contributed by atoms with van der Waals surface area (Å²) in [5.41, 5.74) is 2.21. The highest BCUT2D eigenvalue weighted by Gasteiger charge is 2.28. The fraction of sp³-hybridized carbons (Fsp3) is 0.409. The molecule has 1 aromatic carbocycles. The average molecular weight is 422 g/mol. The third kappa shape index (κ3) is 4.65. The minimum absolute atomic E-state index is 0.0273. The van der Waals surface area contributed by atoms with Crippen LogP contribution in [-0.4, -0.2) is 65.3 Å². The Morgan fingerprint density at radius 1 is 1.00 bits per heavy atom. The lowest BCUT2D eigenvalue weighted by Gasteiger charge is -2.35. The maximum Gasteiger partial charge on any atom is 0.244 e. The van der Waals surface area contributed by atoms with Gasteiger partial charge >= 0.3 is 0 Å². The molecular formula is C22H26N6O3. The van der Waals surface area contributed by atoms with Crippen LogP contribution in [-0.2, 0) is 14.4 Å². The third-order valence-corrected chi connectivity index (χ3v) is 5.53. The monoisotopic (exact) mass is 422 g/mol. The molecule has 1 fully saturated rings. The van der Waals surface area contributed by atoms with Gasteiger partial charge in [0.05, 0.1) is 11.4 Å². The summed E-state index contributed by atoms with van der Waals surface area (Å²) in [6.45, 7) is 6.34. The first-order chi connectivity index (χ1) is 14.9. The highest BCUT2D eigenvalue weighted by molar-refractivity contribution is 6.10. The van der Waals surface area contributed by atoms with Crippen LogP contribution in [0.4, 0.5) is 17.2 Å². The molecular weight excluding hydrogens is 396 g/mol. The molecule has 0 bridgehead atoms. The Kier molecular flexibility index (Phi) is 5.83. The van der Waals surface area contributed by atoms with Crippen molar-refractivity contribution >= 4 is 34.9 Å². The highest BCUT2D eigenvalue weighted by Crippen LogP contribution is 2.29. The van der Waals surface area contributed by atoms with Gasteiger partial charge in [0.1, 0.15) is 18.2 Å². The van der Waals surface area contributed by atoms with Crippen molar-refractivity contribution in [1.82, 2.24) is 14.9 Å². The maximum atomic E-state index is 12.7. The van der Waals surface area contributed by atoms with Crippen molar-refractivity contribution in [2.75, 3.05) is 47.8 Å². The van der Waals surface area contributed by atoms with E-state index in [-0.39, 0.29) is 37.1 Å². The fourth-order valence-corrected chi connectivity index (χ4v) is 4.01. The summed E-state index contributed by atoms with van der Waals surface area (Å²) in [4.78, 5) is 51.6. The smallest absolute Gasteiger partial charge is 0.244 e. The summed E-state index contributed by atoms with van der Waals surface area (Å²) >= 11 is 0. The van der Waals surface area contributed by atoms with Gasteiger partial charge < -0.3 is 20.0 Å². The molecule has 2 aromatic rings. The zero-order valence-corrected chi connectivity index (χ0v) is 17.8. The lowest BCUT2D eigenvalue weighted by Crippen LogP contribution is -2.49. The molecule has 3 amide bonds. The Morgan fingerprint density at radius 3 is 2.45 bits per heavy atom. The van der Waals surface area contributed by atoms with Gasteiger partial charge in [-0.2, -0.15) is 0 Å². The van der Waals surface area contributed by atoms with Crippen molar-refractivity contribution in [3.63, 3.8) is 0 Å². The molecule has 0 saturated carbocycles. The first-order valence-corrected chi connectivity index (χ1v) is 10.4. The van der Waals surface area contributed by atoms with E-state index < -0.39 is 0 Å². The highest BCUT2D eigenvalue weighted by atomic mass is 16.2. The number of amides is 3. The molecule has 1 aromatic heterocycles. The molecule has 162 valence electrons. The van der Waals surface area contributed by atoms with Crippen LogP contribution in [0.15, 0.2) is 30.3 Å². The van der Waals surface area contributed by atoms with Crippen molar-refractivity contribution in [1.29, 1.82) is 0 Å². The number of hydrogen-bond donors (Lipinski definition) is 1. The number of nitrogens with one attached hydrogen (secondary N) is 1. The van der Waals surface area contributed by atoms with E-state index in [2.05, 4.69) is 20.2 Å². The number of aryl methyl sites for hydroxylation is 2. The van der Waals surface area contributed by atoms with E-state index >= 15 is 0 Å². The molecule has 1 N–H and O–H groups in total. The number of rotatable bonds is 4. The third-order valence-electron chi connectivity index (χ3n) is 5.53. The van der Waals surface area contributed by atoms with Gasteiger partial charge in [0, 0.05) is 50.8 Å². The Morgan fingerprint density at radius 2 is 1.71 bits per heavy atom. The van der Waals surface area contributed by atoms with E-state index in [1.165, 1.54) is 4.90 Å². The topological polar surface area (TPSA) is 98.7 Å². The summed E-state index contributed by atoms with van der Waals surface area (Å²) in [5, 5.41) is 2.76. The SMILES string of the molecule is Cc1cc(N2CCN(C(=O)CCC(=O)N3CC(=O)Nc4ccccc43)CC2)nc(C)n1. The summed E-state index contributed by atoms with van der Waals surface area (Å²) in [5.74, 6) is 1.12. The summed E-state index contributed by atoms with van der Waals surface area (Å²) in [6.07, 6.45) is 0.204. The first kappa shape index (κ1) is 20.8. The molecule has 0 spiro atoms. The van der Waals surface area contributed by atoms with Gasteiger partial charge in [0.15, 0.2) is 0 Å². The van der Waals surface area contributed by atoms with Crippen molar-refractivity contribution in [3.05, 3.63) is 41.9 Å². The number of aromatic nitrogens is 2. The molecule has 0 aliphatic carbocycles. The van der Waals surface area contributed by atoms with E-state index in [9.17, 15) is 14.4 Å². The number of carbonyl (C=O) groups excluding carboxylic acids is 3. The van der Waals surface area contributed by atoms with Gasteiger partial charge in [-0.15, -0.1) is 0 Å². The lowest BCUT2D eigenvalue weighted by molar-refractivity contribution is -0.133. The molecule has 1 saturated heterocycles. The molecule has 0 unspecified atom stereocenters. The second-order valence-corrected chi connectivity index (χ2v) is 7.83. The molecule has 0 atom stereocenters. The molecule has 9 heteroatoms. The zero-order chi connectivity index (χ0) is 22.0. The largest absolute Gasteiger partial charge is 0.353 e. The van der Waals surface area contributed by atoms with Crippen LogP contribution in [0.2, 0.25) is 0 Å². The minimum atomic E-state index is -0.232. The number of nitrogens with zero attached hydrogens (tertiary/aromatic N) is 5. The van der Waals surface area contributed by atoms with Crippen LogP contribution in [0.1, 0.15) is 24.4 Å². The molecule has 3 heterocycles. The second kappa shape index (κ2) is 8.71. The molecule has 9 nitrogen and oxygen atoms in total. The van der Waals surface area contributed by atoms with Crippen LogP contribution in [0.3, 0.4) is 0 Å². The van der Waals surface area contributed by atoms with Gasteiger partial charge in [-0.1, -0.05) is 12.1 Å². The van der Waals surface area contributed by atoms with Crippen LogP contribution < -0.4 is 15.1 Å². The van der Waals surface area contributed by atoms with Crippen molar-refractivity contribution < 1.29 is 14.4 Å². The van der Waals surface area contributed by atoms with E-state index in [4.69, 9.17) is 0 Å². The second-order valence-electron chi connectivity index (χ2n) is 7.83.